The van der Waals surface area contributed by atoms with E-state index in [1.165, 1.54) is 7.11 Å². The first-order valence-corrected chi connectivity index (χ1v) is 5.63. The number of carbonyl (C=O) groups is 1. The molecule has 0 aliphatic rings. The third-order valence-corrected chi connectivity index (χ3v) is 3.17. The number of nitrogens with zero attached hydrogens (tertiary/aromatic N) is 1. The van der Waals surface area contributed by atoms with Gasteiger partial charge in [-0.3, -0.25) is 0 Å². The number of esters is 1. The van der Waals surface area contributed by atoms with Crippen LogP contribution in [-0.4, -0.2) is 18.1 Å². The summed E-state index contributed by atoms with van der Waals surface area (Å²) in [6.07, 6.45) is 1.84. The topological polar surface area (TPSA) is 39.2 Å². The quantitative estimate of drug-likeness (QED) is 0.749. The monoisotopic (exact) mass is 233 g/mol. The molecular weight excluding hydrogens is 222 g/mol. The van der Waals surface area contributed by atoms with Gasteiger partial charge in [0.05, 0.1) is 22.6 Å². The minimum atomic E-state index is -0.313. The van der Waals surface area contributed by atoms with Crippen LogP contribution in [0.25, 0.3) is 10.4 Å². The number of thiazole rings is 1. The summed E-state index contributed by atoms with van der Waals surface area (Å²) >= 11 is 1.63. The SMILES string of the molecule is COC(=O)c1ccc(-c2cnc(C)s2)cc1. The molecule has 4 heteroatoms. The summed E-state index contributed by atoms with van der Waals surface area (Å²) in [5.74, 6) is -0.313. The second-order valence-electron chi connectivity index (χ2n) is 3.31. The molecule has 0 bridgehead atoms. The second kappa shape index (κ2) is 4.45. The van der Waals surface area contributed by atoms with Crippen LogP contribution in [0.4, 0.5) is 0 Å². The van der Waals surface area contributed by atoms with Gasteiger partial charge in [0.1, 0.15) is 0 Å². The van der Waals surface area contributed by atoms with Crippen molar-refractivity contribution in [2.45, 2.75) is 6.92 Å². The number of benzene rings is 1. The van der Waals surface area contributed by atoms with E-state index in [0.29, 0.717) is 5.56 Å². The fourth-order valence-corrected chi connectivity index (χ4v) is 2.17. The van der Waals surface area contributed by atoms with Crippen molar-refractivity contribution in [2.24, 2.45) is 0 Å². The molecule has 0 N–H and O–H groups in total. The number of aryl methyl sites for hydroxylation is 1. The highest BCUT2D eigenvalue weighted by atomic mass is 32.1. The van der Waals surface area contributed by atoms with E-state index in [2.05, 4.69) is 9.72 Å². The van der Waals surface area contributed by atoms with Crippen LogP contribution in [0.3, 0.4) is 0 Å². The van der Waals surface area contributed by atoms with Gasteiger partial charge in [0, 0.05) is 6.20 Å². The molecule has 0 saturated heterocycles. The van der Waals surface area contributed by atoms with Crippen molar-refractivity contribution < 1.29 is 9.53 Å². The number of ether oxygens (including phenoxy) is 1. The third kappa shape index (κ3) is 2.12. The number of hydrogen-bond acceptors (Lipinski definition) is 4. The number of carbonyl (C=O) groups excluding carboxylic acids is 1. The lowest BCUT2D eigenvalue weighted by Crippen LogP contribution is -2.00. The molecule has 0 fully saturated rings. The summed E-state index contributed by atoms with van der Waals surface area (Å²) in [6, 6.07) is 7.32. The number of methoxy groups -OCH3 is 1. The molecule has 82 valence electrons. The summed E-state index contributed by atoms with van der Waals surface area (Å²) < 4.78 is 4.64. The van der Waals surface area contributed by atoms with Gasteiger partial charge in [-0.1, -0.05) is 12.1 Å². The highest BCUT2D eigenvalue weighted by Gasteiger charge is 2.06. The van der Waals surface area contributed by atoms with E-state index in [9.17, 15) is 4.79 Å². The summed E-state index contributed by atoms with van der Waals surface area (Å²) in [6.45, 7) is 1.97. The molecular formula is C12H11NO2S. The molecule has 3 nitrogen and oxygen atoms in total. The van der Waals surface area contributed by atoms with Crippen molar-refractivity contribution in [1.29, 1.82) is 0 Å². The first-order chi connectivity index (χ1) is 7.70. The zero-order chi connectivity index (χ0) is 11.5. The number of rotatable bonds is 2. The standard InChI is InChI=1S/C12H11NO2S/c1-8-13-7-11(16-8)9-3-5-10(6-4-9)12(14)15-2/h3-7H,1-2H3. The molecule has 1 aromatic heterocycles. The highest BCUT2D eigenvalue weighted by molar-refractivity contribution is 7.15. The molecule has 0 radical (unpaired) electrons. The Kier molecular flexibility index (Phi) is 3.01. The van der Waals surface area contributed by atoms with Crippen molar-refractivity contribution >= 4 is 17.3 Å². The van der Waals surface area contributed by atoms with Gasteiger partial charge >= 0.3 is 5.97 Å². The minimum Gasteiger partial charge on any atom is -0.465 e. The van der Waals surface area contributed by atoms with Crippen molar-refractivity contribution in [3.8, 4) is 10.4 Å². The highest BCUT2D eigenvalue weighted by Crippen LogP contribution is 2.25. The first-order valence-electron chi connectivity index (χ1n) is 4.82. The van der Waals surface area contributed by atoms with Gasteiger partial charge < -0.3 is 4.74 Å². The Hall–Kier alpha value is -1.68. The van der Waals surface area contributed by atoms with Gasteiger partial charge in [0.25, 0.3) is 0 Å². The summed E-state index contributed by atoms with van der Waals surface area (Å²) in [5, 5.41) is 1.03. The molecule has 0 amide bonds. The van der Waals surface area contributed by atoms with Crippen LogP contribution >= 0.6 is 11.3 Å². The van der Waals surface area contributed by atoms with E-state index in [1.807, 2.05) is 25.3 Å². The van der Waals surface area contributed by atoms with E-state index < -0.39 is 0 Å². The number of aromatic nitrogens is 1. The Morgan fingerprint density at radius 1 is 1.31 bits per heavy atom. The van der Waals surface area contributed by atoms with E-state index in [0.717, 1.165) is 15.4 Å². The minimum absolute atomic E-state index is 0.313. The Balaban J connectivity index is 2.29. The Morgan fingerprint density at radius 2 is 2.00 bits per heavy atom. The lowest BCUT2D eigenvalue weighted by atomic mass is 10.1. The average molecular weight is 233 g/mol. The fraction of sp³-hybridized carbons (Fsp3) is 0.167. The fourth-order valence-electron chi connectivity index (χ4n) is 1.38. The maximum absolute atomic E-state index is 11.2. The van der Waals surface area contributed by atoms with Crippen molar-refractivity contribution in [3.63, 3.8) is 0 Å². The Labute approximate surface area is 97.7 Å². The Morgan fingerprint density at radius 3 is 2.50 bits per heavy atom. The second-order valence-corrected chi connectivity index (χ2v) is 4.55. The van der Waals surface area contributed by atoms with E-state index in [4.69, 9.17) is 0 Å². The van der Waals surface area contributed by atoms with Gasteiger partial charge in [-0.15, -0.1) is 11.3 Å². The molecule has 0 saturated carbocycles. The van der Waals surface area contributed by atoms with Crippen LogP contribution in [0.1, 0.15) is 15.4 Å². The van der Waals surface area contributed by atoms with Gasteiger partial charge in [-0.2, -0.15) is 0 Å². The average Bonchev–Trinajstić information content (AvgIpc) is 2.75. The van der Waals surface area contributed by atoms with Gasteiger partial charge in [-0.05, 0) is 24.6 Å². The van der Waals surface area contributed by atoms with Crippen LogP contribution in [0.5, 0.6) is 0 Å². The maximum atomic E-state index is 11.2. The van der Waals surface area contributed by atoms with Gasteiger partial charge in [0.2, 0.25) is 0 Å². The molecule has 16 heavy (non-hydrogen) atoms. The molecule has 2 aromatic rings. The van der Waals surface area contributed by atoms with E-state index in [-0.39, 0.29) is 5.97 Å². The number of hydrogen-bond donors (Lipinski definition) is 0. The smallest absolute Gasteiger partial charge is 0.337 e. The molecule has 2 rings (SSSR count). The zero-order valence-corrected chi connectivity index (χ0v) is 9.88. The molecule has 1 aromatic carbocycles. The van der Waals surface area contributed by atoms with Crippen LogP contribution < -0.4 is 0 Å². The van der Waals surface area contributed by atoms with E-state index in [1.54, 1.807) is 23.5 Å². The van der Waals surface area contributed by atoms with Crippen LogP contribution in [0.15, 0.2) is 30.5 Å². The third-order valence-electron chi connectivity index (χ3n) is 2.21. The lowest BCUT2D eigenvalue weighted by molar-refractivity contribution is 0.0601. The lowest BCUT2D eigenvalue weighted by Gasteiger charge is -2.00. The van der Waals surface area contributed by atoms with Crippen LogP contribution in [-0.2, 0) is 4.74 Å². The summed E-state index contributed by atoms with van der Waals surface area (Å²) in [4.78, 5) is 16.5. The van der Waals surface area contributed by atoms with Crippen molar-refractivity contribution in [2.75, 3.05) is 7.11 Å². The molecule has 0 atom stereocenters. The predicted octanol–water partition coefficient (Wildman–Crippen LogP) is 2.91. The molecule has 0 spiro atoms. The zero-order valence-electron chi connectivity index (χ0n) is 9.06. The molecule has 0 unspecified atom stereocenters. The summed E-state index contributed by atoms with van der Waals surface area (Å²) in [5.41, 5.74) is 1.63. The van der Waals surface area contributed by atoms with Crippen LogP contribution in [0.2, 0.25) is 0 Å². The van der Waals surface area contributed by atoms with Crippen molar-refractivity contribution in [3.05, 3.63) is 41.0 Å². The normalized spacial score (nSPS) is 10.1. The molecule has 0 aliphatic carbocycles. The van der Waals surface area contributed by atoms with Gasteiger partial charge in [-0.25, -0.2) is 9.78 Å². The largest absolute Gasteiger partial charge is 0.465 e. The van der Waals surface area contributed by atoms with Crippen LogP contribution in [0, 0.1) is 6.92 Å². The Bertz CT molecular complexity index is 502. The first kappa shape index (κ1) is 10.8. The van der Waals surface area contributed by atoms with E-state index >= 15 is 0 Å². The predicted molar refractivity (Wildman–Crippen MR) is 63.6 cm³/mol. The van der Waals surface area contributed by atoms with Crippen molar-refractivity contribution in [1.82, 2.24) is 4.98 Å². The maximum Gasteiger partial charge on any atom is 0.337 e. The molecule has 1 heterocycles. The molecule has 0 aliphatic heterocycles. The van der Waals surface area contributed by atoms with Gasteiger partial charge in [0.15, 0.2) is 0 Å². The summed E-state index contributed by atoms with van der Waals surface area (Å²) in [7, 11) is 1.38.